The molecule has 1 aromatic carbocycles. The van der Waals surface area contributed by atoms with E-state index in [9.17, 15) is 4.79 Å². The molecule has 3 N–H and O–H groups in total. The second-order valence-electron chi connectivity index (χ2n) is 4.72. The van der Waals surface area contributed by atoms with Gasteiger partial charge in [0, 0.05) is 6.04 Å². The van der Waals surface area contributed by atoms with Crippen molar-refractivity contribution >= 4 is 5.91 Å². The van der Waals surface area contributed by atoms with Gasteiger partial charge < -0.3 is 5.73 Å². The van der Waals surface area contributed by atoms with E-state index in [-0.39, 0.29) is 18.0 Å². The van der Waals surface area contributed by atoms with Gasteiger partial charge in [-0.25, -0.2) is 0 Å². The second-order valence-corrected chi connectivity index (χ2v) is 4.72. The van der Waals surface area contributed by atoms with Crippen LogP contribution in [0.1, 0.15) is 43.4 Å². The van der Waals surface area contributed by atoms with E-state index in [0.29, 0.717) is 6.42 Å². The lowest BCUT2D eigenvalue weighted by Crippen LogP contribution is -2.47. The van der Waals surface area contributed by atoms with Gasteiger partial charge in [-0.1, -0.05) is 44.0 Å². The Labute approximate surface area is 102 Å². The first-order chi connectivity index (χ1) is 8.22. The zero-order valence-corrected chi connectivity index (χ0v) is 10.3. The van der Waals surface area contributed by atoms with Crippen molar-refractivity contribution in [2.75, 3.05) is 0 Å². The number of unbranched alkanes of at least 4 members (excludes halogenated alkanes) is 1. The van der Waals surface area contributed by atoms with E-state index in [2.05, 4.69) is 30.4 Å². The number of hydrogen-bond donors (Lipinski definition) is 2. The maximum absolute atomic E-state index is 11.3. The fourth-order valence-electron chi connectivity index (χ4n) is 2.50. The molecule has 0 spiro atoms. The maximum atomic E-state index is 11.3. The van der Waals surface area contributed by atoms with Crippen molar-refractivity contribution < 1.29 is 4.79 Å². The molecule has 1 unspecified atom stereocenters. The van der Waals surface area contributed by atoms with Gasteiger partial charge in [-0.15, -0.1) is 0 Å². The number of benzene rings is 1. The van der Waals surface area contributed by atoms with Gasteiger partial charge in [0.15, 0.2) is 0 Å². The summed E-state index contributed by atoms with van der Waals surface area (Å²) >= 11 is 0. The number of carbonyl (C=O) groups excluding carboxylic acids is 1. The van der Waals surface area contributed by atoms with Crippen molar-refractivity contribution in [2.45, 2.75) is 44.7 Å². The Balaban J connectivity index is 2.22. The third-order valence-corrected chi connectivity index (χ3v) is 3.45. The Morgan fingerprint density at radius 1 is 1.47 bits per heavy atom. The molecule has 0 saturated carbocycles. The Hall–Kier alpha value is -1.35. The summed E-state index contributed by atoms with van der Waals surface area (Å²) < 4.78 is 0. The van der Waals surface area contributed by atoms with E-state index in [1.165, 1.54) is 17.5 Å². The van der Waals surface area contributed by atoms with Gasteiger partial charge in [-0.3, -0.25) is 10.1 Å². The molecule has 1 aromatic rings. The van der Waals surface area contributed by atoms with Gasteiger partial charge in [-0.2, -0.15) is 0 Å². The van der Waals surface area contributed by atoms with Gasteiger partial charge in [0.2, 0.25) is 5.91 Å². The minimum absolute atomic E-state index is 0.216. The summed E-state index contributed by atoms with van der Waals surface area (Å²) in [6.07, 6.45) is 4.12. The summed E-state index contributed by atoms with van der Waals surface area (Å²) in [6.45, 7) is 2.18. The van der Waals surface area contributed by atoms with Crippen LogP contribution >= 0.6 is 0 Å². The van der Waals surface area contributed by atoms with Gasteiger partial charge in [0.1, 0.15) is 0 Å². The zero-order valence-electron chi connectivity index (χ0n) is 10.3. The van der Waals surface area contributed by atoms with Crippen LogP contribution in [0.15, 0.2) is 24.3 Å². The van der Waals surface area contributed by atoms with Gasteiger partial charge in [-0.05, 0) is 24.0 Å². The van der Waals surface area contributed by atoms with Crippen LogP contribution < -0.4 is 11.1 Å². The third-order valence-electron chi connectivity index (χ3n) is 3.45. The summed E-state index contributed by atoms with van der Waals surface area (Å²) in [4.78, 5) is 11.3. The number of carbonyl (C=O) groups is 1. The molecule has 2 atom stereocenters. The minimum atomic E-state index is -0.249. The van der Waals surface area contributed by atoms with Crippen LogP contribution in [0.25, 0.3) is 0 Å². The molecular weight excluding hydrogens is 212 g/mol. The van der Waals surface area contributed by atoms with Gasteiger partial charge in [0.05, 0.1) is 6.04 Å². The van der Waals surface area contributed by atoms with Crippen LogP contribution in [-0.2, 0) is 11.2 Å². The normalized spacial score (nSPS) is 23.1. The summed E-state index contributed by atoms with van der Waals surface area (Å²) in [6, 6.07) is 8.40. The zero-order chi connectivity index (χ0) is 12.3. The quantitative estimate of drug-likeness (QED) is 0.833. The van der Waals surface area contributed by atoms with Crippen LogP contribution in [-0.4, -0.2) is 11.9 Å². The molecule has 3 heteroatoms. The Morgan fingerprint density at radius 3 is 2.94 bits per heavy atom. The average molecular weight is 232 g/mol. The highest BCUT2D eigenvalue weighted by Crippen LogP contribution is 2.28. The molecular formula is C14H20N2O. The van der Waals surface area contributed by atoms with Crippen molar-refractivity contribution in [1.82, 2.24) is 5.32 Å². The fraction of sp³-hybridized carbons (Fsp3) is 0.500. The molecule has 0 saturated heterocycles. The van der Waals surface area contributed by atoms with Crippen molar-refractivity contribution in [2.24, 2.45) is 5.73 Å². The lowest BCUT2D eigenvalue weighted by molar-refractivity contribution is -0.120. The molecule has 0 radical (unpaired) electrons. The molecule has 17 heavy (non-hydrogen) atoms. The molecule has 0 bridgehead atoms. The number of nitrogens with one attached hydrogen (secondary N) is 1. The summed E-state index contributed by atoms with van der Waals surface area (Å²) in [5, 5.41) is 3.37. The standard InChI is InChI=1S/C14H20N2O/c1-2-3-8-12-11-7-5-4-6-10(11)9-13(16-12)14(15)17/h4-7,12-13,16H,2-3,8-9H2,1H3,(H2,15,17)/t12?,13-/m0/s1. The molecule has 0 fully saturated rings. The first kappa shape index (κ1) is 12.1. The number of hydrogen-bond acceptors (Lipinski definition) is 2. The topological polar surface area (TPSA) is 55.1 Å². The van der Waals surface area contributed by atoms with Gasteiger partial charge >= 0.3 is 0 Å². The molecule has 92 valence electrons. The van der Waals surface area contributed by atoms with E-state index in [4.69, 9.17) is 5.73 Å². The van der Waals surface area contributed by atoms with E-state index < -0.39 is 0 Å². The van der Waals surface area contributed by atoms with Crippen LogP contribution in [0, 0.1) is 0 Å². The largest absolute Gasteiger partial charge is 0.368 e. The van der Waals surface area contributed by atoms with Crippen molar-refractivity contribution in [3.05, 3.63) is 35.4 Å². The third kappa shape index (κ3) is 2.67. The summed E-state index contributed by atoms with van der Waals surface area (Å²) in [5.41, 5.74) is 8.01. The molecule has 1 aliphatic rings. The van der Waals surface area contributed by atoms with E-state index in [1.807, 2.05) is 6.07 Å². The highest BCUT2D eigenvalue weighted by molar-refractivity contribution is 5.80. The number of nitrogens with two attached hydrogens (primary N) is 1. The van der Waals surface area contributed by atoms with Crippen molar-refractivity contribution in [3.63, 3.8) is 0 Å². The lowest BCUT2D eigenvalue weighted by Gasteiger charge is -2.31. The van der Waals surface area contributed by atoms with Crippen LogP contribution in [0.5, 0.6) is 0 Å². The van der Waals surface area contributed by atoms with Crippen LogP contribution in [0.3, 0.4) is 0 Å². The smallest absolute Gasteiger partial charge is 0.234 e. The number of fused-ring (bicyclic) bond motifs is 1. The predicted octanol–water partition coefficient (Wildman–Crippen LogP) is 1.92. The van der Waals surface area contributed by atoms with Crippen molar-refractivity contribution in [1.29, 1.82) is 0 Å². The van der Waals surface area contributed by atoms with E-state index in [0.717, 1.165) is 12.8 Å². The Morgan fingerprint density at radius 2 is 2.24 bits per heavy atom. The molecule has 1 aliphatic heterocycles. The Bertz CT molecular complexity index is 403. The molecule has 3 nitrogen and oxygen atoms in total. The van der Waals surface area contributed by atoms with E-state index >= 15 is 0 Å². The number of amides is 1. The minimum Gasteiger partial charge on any atom is -0.368 e. The molecule has 0 aromatic heterocycles. The van der Waals surface area contributed by atoms with Crippen LogP contribution in [0.4, 0.5) is 0 Å². The summed E-state index contributed by atoms with van der Waals surface area (Å²) in [7, 11) is 0. The lowest BCUT2D eigenvalue weighted by atomic mass is 9.88. The summed E-state index contributed by atoms with van der Waals surface area (Å²) in [5.74, 6) is -0.249. The van der Waals surface area contributed by atoms with Crippen molar-refractivity contribution in [3.8, 4) is 0 Å². The predicted molar refractivity (Wildman–Crippen MR) is 68.5 cm³/mol. The van der Waals surface area contributed by atoms with Gasteiger partial charge in [0.25, 0.3) is 0 Å². The average Bonchev–Trinajstić information content (AvgIpc) is 2.35. The molecule has 1 heterocycles. The number of rotatable bonds is 4. The van der Waals surface area contributed by atoms with Crippen LogP contribution in [0.2, 0.25) is 0 Å². The second kappa shape index (κ2) is 5.32. The molecule has 2 rings (SSSR count). The molecule has 0 aliphatic carbocycles. The maximum Gasteiger partial charge on any atom is 0.234 e. The first-order valence-electron chi connectivity index (χ1n) is 6.35. The van der Waals surface area contributed by atoms with E-state index in [1.54, 1.807) is 0 Å². The number of primary amides is 1. The highest BCUT2D eigenvalue weighted by atomic mass is 16.1. The first-order valence-corrected chi connectivity index (χ1v) is 6.35. The Kier molecular flexibility index (Phi) is 3.79. The molecule has 1 amide bonds. The monoisotopic (exact) mass is 232 g/mol. The highest BCUT2D eigenvalue weighted by Gasteiger charge is 2.28. The SMILES string of the molecule is CCCCC1N[C@H](C(N)=O)Cc2ccccc21. The fourth-order valence-corrected chi connectivity index (χ4v) is 2.50.